The van der Waals surface area contributed by atoms with E-state index in [2.05, 4.69) is 5.10 Å². The highest BCUT2D eigenvalue weighted by Gasteiger charge is 2.34. The molecule has 0 saturated carbocycles. The molecule has 0 radical (unpaired) electrons. The summed E-state index contributed by atoms with van der Waals surface area (Å²) in [4.78, 5) is 10.8. The van der Waals surface area contributed by atoms with Gasteiger partial charge in [-0.3, -0.25) is 0 Å². The van der Waals surface area contributed by atoms with Crippen molar-refractivity contribution >= 4 is 34.5 Å². The monoisotopic (exact) mass is 394 g/mol. The molecule has 0 unspecified atom stereocenters. The summed E-state index contributed by atoms with van der Waals surface area (Å²) in [5.74, 6) is -1.27. The summed E-state index contributed by atoms with van der Waals surface area (Å²) in [6, 6.07) is 9.95. The number of carboxylic acids is 1. The Hall–Kier alpha value is -2.80. The molecule has 0 spiro atoms. The molecule has 1 N–H and O–H groups in total. The van der Waals surface area contributed by atoms with Gasteiger partial charge in [-0.25, -0.2) is 4.79 Å². The summed E-state index contributed by atoms with van der Waals surface area (Å²) in [6.45, 7) is 1.89. The average Bonchev–Trinajstić information content (AvgIpc) is 2.95. The van der Waals surface area contributed by atoms with Gasteiger partial charge in [0, 0.05) is 16.5 Å². The van der Waals surface area contributed by atoms with Crippen molar-refractivity contribution in [3.63, 3.8) is 0 Å². The number of aromatic nitrogens is 2. The molecule has 0 aliphatic carbocycles. The van der Waals surface area contributed by atoms with Crippen LogP contribution in [0.4, 0.5) is 13.2 Å². The van der Waals surface area contributed by atoms with E-state index in [0.29, 0.717) is 10.6 Å². The first-order chi connectivity index (χ1) is 12.7. The van der Waals surface area contributed by atoms with Gasteiger partial charge in [-0.2, -0.15) is 9.78 Å². The first kappa shape index (κ1) is 19.0. The standard InChI is InChI=1S/C19H14ClF3N2O2/c1-11-5-6-12(14(20)9-11)10-13-3-2-4-16-18(13)15(7-8-17(26)27)24-25(16)19(21,22)23/h2-9H,10H2,1H3,(H,26,27)/b8-7+. The summed E-state index contributed by atoms with van der Waals surface area (Å²) in [7, 11) is 0. The molecule has 0 bridgehead atoms. The van der Waals surface area contributed by atoms with Crippen molar-refractivity contribution in [2.24, 2.45) is 0 Å². The highest BCUT2D eigenvalue weighted by atomic mass is 35.5. The molecule has 2 aromatic carbocycles. The SMILES string of the molecule is Cc1ccc(Cc2cccc3c2c(/C=C/C(=O)O)nn3C(F)(F)F)c(Cl)c1. The van der Waals surface area contributed by atoms with E-state index in [0.717, 1.165) is 23.3 Å². The number of halogens is 4. The normalized spacial score (nSPS) is 12.2. The topological polar surface area (TPSA) is 55.1 Å². The van der Waals surface area contributed by atoms with Crippen LogP contribution in [0.1, 0.15) is 22.4 Å². The van der Waals surface area contributed by atoms with Gasteiger partial charge in [0.25, 0.3) is 0 Å². The van der Waals surface area contributed by atoms with Crippen molar-refractivity contribution in [2.45, 2.75) is 19.6 Å². The Labute approximate surface area is 157 Å². The first-order valence-corrected chi connectivity index (χ1v) is 8.28. The molecule has 0 amide bonds. The minimum atomic E-state index is -4.73. The molecule has 0 saturated heterocycles. The quantitative estimate of drug-likeness (QED) is 0.621. The number of aryl methyl sites for hydroxylation is 1. The Kier molecular flexibility index (Phi) is 4.97. The van der Waals surface area contributed by atoms with Crippen molar-refractivity contribution in [3.8, 4) is 0 Å². The first-order valence-electron chi connectivity index (χ1n) is 7.90. The van der Waals surface area contributed by atoms with Crippen LogP contribution in [0.2, 0.25) is 5.02 Å². The molecule has 140 valence electrons. The van der Waals surface area contributed by atoms with Crippen LogP contribution >= 0.6 is 11.6 Å². The predicted molar refractivity (Wildman–Crippen MR) is 96.7 cm³/mol. The molecule has 1 aromatic heterocycles. The van der Waals surface area contributed by atoms with Crippen molar-refractivity contribution < 1.29 is 23.1 Å². The number of carboxylic acid groups (broad SMARTS) is 1. The van der Waals surface area contributed by atoms with Crippen molar-refractivity contribution in [3.05, 3.63) is 69.9 Å². The highest BCUT2D eigenvalue weighted by Crippen LogP contribution is 2.33. The lowest BCUT2D eigenvalue weighted by Gasteiger charge is -2.09. The molecule has 0 fully saturated rings. The van der Waals surface area contributed by atoms with Gasteiger partial charge in [0.1, 0.15) is 0 Å². The van der Waals surface area contributed by atoms with Crippen LogP contribution in [0.3, 0.4) is 0 Å². The number of carbonyl (C=O) groups is 1. The largest absolute Gasteiger partial charge is 0.505 e. The second-order valence-electron chi connectivity index (χ2n) is 6.02. The van der Waals surface area contributed by atoms with Crippen molar-refractivity contribution in [1.29, 1.82) is 0 Å². The van der Waals surface area contributed by atoms with E-state index >= 15 is 0 Å². The third kappa shape index (κ3) is 3.98. The van der Waals surface area contributed by atoms with Gasteiger partial charge in [-0.1, -0.05) is 35.9 Å². The van der Waals surface area contributed by atoms with E-state index in [1.165, 1.54) is 12.1 Å². The maximum Gasteiger partial charge on any atom is 0.505 e. The van der Waals surface area contributed by atoms with Crippen LogP contribution in [0.15, 0.2) is 42.5 Å². The summed E-state index contributed by atoms with van der Waals surface area (Å²) >= 11 is 6.26. The summed E-state index contributed by atoms with van der Waals surface area (Å²) < 4.78 is 40.0. The Morgan fingerprint density at radius 1 is 1.26 bits per heavy atom. The number of rotatable bonds is 4. The fourth-order valence-corrected chi connectivity index (χ4v) is 3.18. The zero-order chi connectivity index (χ0) is 19.8. The van der Waals surface area contributed by atoms with Gasteiger partial charge in [-0.15, -0.1) is 13.2 Å². The molecule has 27 heavy (non-hydrogen) atoms. The number of alkyl halides is 3. The third-order valence-corrected chi connectivity index (χ3v) is 4.39. The van der Waals surface area contributed by atoms with Crippen molar-refractivity contribution in [1.82, 2.24) is 9.78 Å². The lowest BCUT2D eigenvalue weighted by atomic mass is 9.99. The third-order valence-electron chi connectivity index (χ3n) is 4.03. The number of nitrogens with zero attached hydrogens (tertiary/aromatic N) is 2. The fraction of sp³-hybridized carbons (Fsp3) is 0.158. The van der Waals surface area contributed by atoms with Crippen LogP contribution in [0.25, 0.3) is 17.0 Å². The smallest absolute Gasteiger partial charge is 0.478 e. The molecule has 3 rings (SSSR count). The average molecular weight is 395 g/mol. The van der Waals surface area contributed by atoms with Gasteiger partial charge in [0.2, 0.25) is 0 Å². The zero-order valence-corrected chi connectivity index (χ0v) is 14.8. The van der Waals surface area contributed by atoms with Gasteiger partial charge in [0.15, 0.2) is 0 Å². The van der Waals surface area contributed by atoms with Crippen LogP contribution in [0, 0.1) is 6.92 Å². The van der Waals surface area contributed by atoms with E-state index in [-0.39, 0.29) is 27.7 Å². The second-order valence-corrected chi connectivity index (χ2v) is 6.43. The van der Waals surface area contributed by atoms with Crippen LogP contribution in [-0.4, -0.2) is 20.9 Å². The number of aliphatic carboxylic acids is 1. The molecule has 4 nitrogen and oxygen atoms in total. The summed E-state index contributed by atoms with van der Waals surface area (Å²) in [5, 5.41) is 13.2. The lowest BCUT2D eigenvalue weighted by molar-refractivity contribution is -0.209. The minimum absolute atomic E-state index is 0.0515. The summed E-state index contributed by atoms with van der Waals surface area (Å²) in [5.41, 5.74) is 2.08. The number of benzene rings is 2. The molecule has 0 aliphatic rings. The summed E-state index contributed by atoms with van der Waals surface area (Å²) in [6.07, 6.45) is -2.62. The fourth-order valence-electron chi connectivity index (χ4n) is 2.88. The molecule has 3 aromatic rings. The molecule has 0 atom stereocenters. The zero-order valence-electron chi connectivity index (χ0n) is 14.1. The van der Waals surface area contributed by atoms with E-state index in [4.69, 9.17) is 16.7 Å². The Morgan fingerprint density at radius 2 is 2.00 bits per heavy atom. The van der Waals surface area contributed by atoms with E-state index < -0.39 is 12.3 Å². The maximum atomic E-state index is 13.3. The minimum Gasteiger partial charge on any atom is -0.478 e. The number of hydrogen-bond acceptors (Lipinski definition) is 2. The molecule has 8 heteroatoms. The Morgan fingerprint density at radius 3 is 2.63 bits per heavy atom. The molecule has 1 heterocycles. The number of fused-ring (bicyclic) bond motifs is 1. The second kappa shape index (κ2) is 7.08. The van der Waals surface area contributed by atoms with Crippen LogP contribution in [0.5, 0.6) is 0 Å². The van der Waals surface area contributed by atoms with Gasteiger partial charge >= 0.3 is 12.3 Å². The molecular weight excluding hydrogens is 381 g/mol. The molecule has 0 aliphatic heterocycles. The predicted octanol–water partition coefficient (Wildman–Crippen LogP) is 5.16. The van der Waals surface area contributed by atoms with E-state index in [1.54, 1.807) is 12.1 Å². The van der Waals surface area contributed by atoms with E-state index in [9.17, 15) is 18.0 Å². The van der Waals surface area contributed by atoms with Gasteiger partial charge in [0.05, 0.1) is 11.2 Å². The molecular formula is C19H14ClF3N2O2. The number of hydrogen-bond donors (Lipinski definition) is 1. The van der Waals surface area contributed by atoms with Gasteiger partial charge in [-0.05, 0) is 48.2 Å². The Balaban J connectivity index is 2.21. The van der Waals surface area contributed by atoms with Crippen molar-refractivity contribution in [2.75, 3.05) is 0 Å². The highest BCUT2D eigenvalue weighted by molar-refractivity contribution is 6.31. The van der Waals surface area contributed by atoms with Crippen LogP contribution in [-0.2, 0) is 17.5 Å². The van der Waals surface area contributed by atoms with E-state index in [1.807, 2.05) is 19.1 Å². The Bertz CT molecular complexity index is 1060. The van der Waals surface area contributed by atoms with Gasteiger partial charge < -0.3 is 5.11 Å². The van der Waals surface area contributed by atoms with Crippen LogP contribution < -0.4 is 0 Å². The lowest BCUT2D eigenvalue weighted by Crippen LogP contribution is -2.18. The maximum absolute atomic E-state index is 13.3.